The van der Waals surface area contributed by atoms with Gasteiger partial charge in [0, 0.05) is 33.0 Å². The normalized spacial score (nSPS) is 14.1. The van der Waals surface area contributed by atoms with Crippen molar-refractivity contribution in [2.24, 2.45) is 7.05 Å². The maximum atomic E-state index is 12.2. The van der Waals surface area contributed by atoms with Gasteiger partial charge in [0.2, 0.25) is 10.0 Å². The first-order chi connectivity index (χ1) is 8.39. The number of nitrogens with zero attached hydrogens (tertiary/aromatic N) is 3. The molecule has 1 rings (SSSR count). The molecule has 0 aromatic carbocycles. The molecule has 0 aliphatic rings. The Morgan fingerprint density at radius 2 is 2.22 bits per heavy atom. The number of aromatic nitrogens is 2. The predicted octanol–water partition coefficient (Wildman–Crippen LogP) is 0.180. The highest BCUT2D eigenvalue weighted by Crippen LogP contribution is 2.10. The summed E-state index contributed by atoms with van der Waals surface area (Å²) in [5, 5.41) is 2.61. The average Bonchev–Trinajstić information content (AvgIpc) is 2.71. The fourth-order valence-electron chi connectivity index (χ4n) is 1.60. The third-order valence-electron chi connectivity index (χ3n) is 2.91. The molecule has 0 spiro atoms. The van der Waals surface area contributed by atoms with Gasteiger partial charge in [0.15, 0.2) is 0 Å². The minimum Gasteiger partial charge on any atom is -0.337 e. The van der Waals surface area contributed by atoms with E-state index in [9.17, 15) is 8.42 Å². The summed E-state index contributed by atoms with van der Waals surface area (Å²) in [6.07, 6.45) is 3.47. The predicted molar refractivity (Wildman–Crippen MR) is 71.6 cm³/mol. The van der Waals surface area contributed by atoms with Gasteiger partial charge in [-0.15, -0.1) is 0 Å². The van der Waals surface area contributed by atoms with Crippen molar-refractivity contribution in [2.75, 3.05) is 20.1 Å². The number of imidazole rings is 1. The molecule has 1 aromatic rings. The van der Waals surface area contributed by atoms with Crippen molar-refractivity contribution in [2.45, 2.75) is 25.6 Å². The van der Waals surface area contributed by atoms with E-state index in [2.05, 4.69) is 10.3 Å². The average molecular weight is 274 g/mol. The fourth-order valence-corrected chi connectivity index (χ4v) is 2.84. The second kappa shape index (κ2) is 6.31. The van der Waals surface area contributed by atoms with Crippen LogP contribution in [-0.2, 0) is 23.6 Å². The van der Waals surface area contributed by atoms with Gasteiger partial charge >= 0.3 is 0 Å². The van der Waals surface area contributed by atoms with Crippen LogP contribution in [0.4, 0.5) is 0 Å². The van der Waals surface area contributed by atoms with E-state index in [0.29, 0.717) is 13.1 Å². The van der Waals surface area contributed by atoms with E-state index in [1.54, 1.807) is 26.4 Å². The van der Waals surface area contributed by atoms with E-state index in [1.807, 2.05) is 18.5 Å². The van der Waals surface area contributed by atoms with Gasteiger partial charge in [0.1, 0.15) is 5.82 Å². The Balaban J connectivity index is 2.70. The first-order valence-corrected chi connectivity index (χ1v) is 7.52. The molecule has 1 N–H and O–H groups in total. The number of hydrogen-bond donors (Lipinski definition) is 1. The molecule has 0 amide bonds. The Bertz CT molecular complexity index is 469. The summed E-state index contributed by atoms with van der Waals surface area (Å²) in [5.74, 6) is 0.733. The second-order valence-corrected chi connectivity index (χ2v) is 6.83. The van der Waals surface area contributed by atoms with Crippen molar-refractivity contribution >= 4 is 10.0 Å². The smallest absolute Gasteiger partial charge is 0.218 e. The van der Waals surface area contributed by atoms with E-state index in [0.717, 1.165) is 12.4 Å². The molecule has 0 fully saturated rings. The number of aryl methyl sites for hydroxylation is 1. The van der Waals surface area contributed by atoms with Gasteiger partial charge in [-0.2, -0.15) is 4.31 Å². The van der Waals surface area contributed by atoms with Gasteiger partial charge in [-0.25, -0.2) is 13.4 Å². The van der Waals surface area contributed by atoms with Crippen molar-refractivity contribution in [1.29, 1.82) is 0 Å². The molecule has 1 heterocycles. The highest BCUT2D eigenvalue weighted by molar-refractivity contribution is 7.89. The van der Waals surface area contributed by atoms with Gasteiger partial charge in [-0.3, -0.25) is 0 Å². The lowest BCUT2D eigenvalue weighted by atomic mass is 10.5. The van der Waals surface area contributed by atoms with Crippen LogP contribution in [0.3, 0.4) is 0 Å². The van der Waals surface area contributed by atoms with Crippen molar-refractivity contribution in [1.82, 2.24) is 19.2 Å². The van der Waals surface area contributed by atoms with Gasteiger partial charge in [-0.1, -0.05) is 6.92 Å². The van der Waals surface area contributed by atoms with E-state index in [4.69, 9.17) is 0 Å². The monoisotopic (exact) mass is 274 g/mol. The summed E-state index contributed by atoms with van der Waals surface area (Å²) in [6, 6.07) is 0. The Hall–Kier alpha value is -0.920. The Kier molecular flexibility index (Phi) is 5.30. The van der Waals surface area contributed by atoms with Crippen LogP contribution in [0.2, 0.25) is 0 Å². The molecular formula is C11H22N4O2S. The maximum Gasteiger partial charge on any atom is 0.218 e. The second-order valence-electron chi connectivity index (χ2n) is 4.37. The molecule has 1 atom stereocenters. The lowest BCUT2D eigenvalue weighted by molar-refractivity contribution is 0.440. The number of sulfonamides is 1. The van der Waals surface area contributed by atoms with E-state index in [1.165, 1.54) is 4.31 Å². The molecule has 6 nitrogen and oxygen atoms in total. The topological polar surface area (TPSA) is 67.2 Å². The van der Waals surface area contributed by atoms with Crippen LogP contribution >= 0.6 is 0 Å². The molecule has 0 aliphatic carbocycles. The quantitative estimate of drug-likeness (QED) is 0.770. The van der Waals surface area contributed by atoms with Crippen LogP contribution in [0.15, 0.2) is 12.4 Å². The molecule has 1 aromatic heterocycles. The standard InChI is InChI=1S/C11H22N4O2S/c1-5-12-8-10(2)18(16,17)15(4)9-11-13-6-7-14(11)3/h6-7,10,12H,5,8-9H2,1-4H3. The zero-order valence-corrected chi connectivity index (χ0v) is 12.2. The highest BCUT2D eigenvalue weighted by atomic mass is 32.2. The summed E-state index contributed by atoms with van der Waals surface area (Å²) >= 11 is 0. The highest BCUT2D eigenvalue weighted by Gasteiger charge is 2.26. The van der Waals surface area contributed by atoms with Gasteiger partial charge < -0.3 is 9.88 Å². The van der Waals surface area contributed by atoms with Crippen LogP contribution in [0, 0.1) is 0 Å². The van der Waals surface area contributed by atoms with Crippen molar-refractivity contribution in [3.8, 4) is 0 Å². The minimum atomic E-state index is -3.29. The Labute approximate surface area is 109 Å². The first-order valence-electron chi connectivity index (χ1n) is 6.01. The summed E-state index contributed by atoms with van der Waals surface area (Å²) in [5.41, 5.74) is 0. The molecule has 1 unspecified atom stereocenters. The molecule has 18 heavy (non-hydrogen) atoms. The molecule has 104 valence electrons. The fraction of sp³-hybridized carbons (Fsp3) is 0.727. The molecule has 0 saturated heterocycles. The van der Waals surface area contributed by atoms with Gasteiger partial charge in [-0.05, 0) is 13.5 Å². The summed E-state index contributed by atoms with van der Waals surface area (Å²) in [6.45, 7) is 5.19. The molecule has 7 heteroatoms. The summed E-state index contributed by atoms with van der Waals surface area (Å²) in [7, 11) is 0.155. The number of hydrogen-bond acceptors (Lipinski definition) is 4. The van der Waals surface area contributed by atoms with Crippen molar-refractivity contribution < 1.29 is 8.42 Å². The van der Waals surface area contributed by atoms with Crippen molar-refractivity contribution in [3.63, 3.8) is 0 Å². The van der Waals surface area contributed by atoms with Crippen LogP contribution in [0.1, 0.15) is 19.7 Å². The molecule has 0 radical (unpaired) electrons. The zero-order valence-electron chi connectivity index (χ0n) is 11.4. The third-order valence-corrected chi connectivity index (χ3v) is 5.09. The lowest BCUT2D eigenvalue weighted by Gasteiger charge is -2.21. The number of nitrogens with one attached hydrogen (secondary N) is 1. The van der Waals surface area contributed by atoms with Crippen LogP contribution in [0.25, 0.3) is 0 Å². The zero-order chi connectivity index (χ0) is 13.8. The maximum absolute atomic E-state index is 12.2. The SMILES string of the molecule is CCNCC(C)S(=O)(=O)N(C)Cc1nccn1C. The molecule has 0 saturated carbocycles. The van der Waals surface area contributed by atoms with Crippen molar-refractivity contribution in [3.05, 3.63) is 18.2 Å². The van der Waals surface area contributed by atoms with Crippen LogP contribution in [-0.4, -0.2) is 47.7 Å². The largest absolute Gasteiger partial charge is 0.337 e. The first kappa shape index (κ1) is 15.1. The third kappa shape index (κ3) is 3.54. The lowest BCUT2D eigenvalue weighted by Crippen LogP contribution is -2.40. The minimum absolute atomic E-state index is 0.294. The molecular weight excluding hydrogens is 252 g/mol. The Morgan fingerprint density at radius 1 is 1.56 bits per heavy atom. The summed E-state index contributed by atoms with van der Waals surface area (Å²) < 4.78 is 27.6. The van der Waals surface area contributed by atoms with E-state index >= 15 is 0 Å². The molecule has 0 bridgehead atoms. The van der Waals surface area contributed by atoms with Crippen LogP contribution in [0.5, 0.6) is 0 Å². The van der Waals surface area contributed by atoms with Gasteiger partial charge in [0.25, 0.3) is 0 Å². The number of rotatable bonds is 7. The van der Waals surface area contributed by atoms with E-state index < -0.39 is 15.3 Å². The van der Waals surface area contributed by atoms with Gasteiger partial charge in [0.05, 0.1) is 11.8 Å². The molecule has 0 aliphatic heterocycles. The summed E-state index contributed by atoms with van der Waals surface area (Å²) in [4.78, 5) is 4.13. The Morgan fingerprint density at radius 3 is 2.72 bits per heavy atom. The van der Waals surface area contributed by atoms with E-state index in [-0.39, 0.29) is 0 Å². The van der Waals surface area contributed by atoms with Crippen LogP contribution < -0.4 is 5.32 Å².